The molecule has 0 aliphatic heterocycles. The van der Waals surface area contributed by atoms with E-state index in [0.717, 1.165) is 5.56 Å². The van der Waals surface area contributed by atoms with E-state index in [4.69, 9.17) is 21.1 Å². The molecule has 0 fully saturated rings. The number of nitrogens with zero attached hydrogens (tertiary/aromatic N) is 1. The van der Waals surface area contributed by atoms with Gasteiger partial charge in [0.05, 0.1) is 14.2 Å². The molecular weight excluding hydrogens is 350 g/mol. The summed E-state index contributed by atoms with van der Waals surface area (Å²) in [6.07, 6.45) is 0. The van der Waals surface area contributed by atoms with Crippen molar-refractivity contribution in [3.05, 3.63) is 53.1 Å². The number of hydrogen-bond acceptors (Lipinski definition) is 4. The van der Waals surface area contributed by atoms with Crippen LogP contribution in [0.15, 0.2) is 47.4 Å². The molecule has 2 rings (SSSR count). The zero-order valence-electron chi connectivity index (χ0n) is 13.8. The number of benzene rings is 2. The molecule has 0 spiro atoms. The summed E-state index contributed by atoms with van der Waals surface area (Å²) in [6, 6.07) is 11.8. The van der Waals surface area contributed by atoms with Gasteiger partial charge in [-0.3, -0.25) is 0 Å². The normalized spacial score (nSPS) is 11.5. The first-order valence-electron chi connectivity index (χ1n) is 7.39. The summed E-state index contributed by atoms with van der Waals surface area (Å²) >= 11 is 5.99. The van der Waals surface area contributed by atoms with Crippen molar-refractivity contribution in [2.75, 3.05) is 20.8 Å². The fraction of sp³-hybridized carbons (Fsp3) is 0.294. The Morgan fingerprint density at radius 2 is 1.83 bits per heavy atom. The van der Waals surface area contributed by atoms with Gasteiger partial charge in [-0.25, -0.2) is 8.42 Å². The first kappa shape index (κ1) is 18.6. The molecule has 0 aliphatic carbocycles. The second kappa shape index (κ2) is 7.88. The maximum absolute atomic E-state index is 13.1. The minimum absolute atomic E-state index is 0.0771. The van der Waals surface area contributed by atoms with Crippen LogP contribution in [0.25, 0.3) is 0 Å². The monoisotopic (exact) mass is 369 g/mol. The largest absolute Gasteiger partial charge is 0.497 e. The lowest BCUT2D eigenvalue weighted by atomic mass is 10.2. The standard InChI is InChI=1S/C17H20ClNO4S/c1-4-19(12-13-6-5-7-14(18)10-13)24(20,21)17-11-15(22-2)8-9-16(17)23-3/h5-11H,4,12H2,1-3H3. The highest BCUT2D eigenvalue weighted by molar-refractivity contribution is 7.89. The maximum atomic E-state index is 13.1. The highest BCUT2D eigenvalue weighted by atomic mass is 35.5. The summed E-state index contributed by atoms with van der Waals surface area (Å²) in [5.74, 6) is 0.730. The Bertz CT molecular complexity index is 808. The van der Waals surface area contributed by atoms with E-state index in [1.54, 1.807) is 37.3 Å². The molecule has 0 N–H and O–H groups in total. The smallest absolute Gasteiger partial charge is 0.247 e. The Balaban J connectivity index is 2.43. The molecule has 0 aliphatic rings. The van der Waals surface area contributed by atoms with Crippen LogP contribution in [0.2, 0.25) is 5.02 Å². The number of ether oxygens (including phenoxy) is 2. The van der Waals surface area contributed by atoms with Crippen molar-refractivity contribution in [2.24, 2.45) is 0 Å². The Kier molecular flexibility index (Phi) is 6.10. The van der Waals surface area contributed by atoms with Gasteiger partial charge in [0, 0.05) is 24.2 Å². The van der Waals surface area contributed by atoms with E-state index >= 15 is 0 Å². The lowest BCUT2D eigenvalue weighted by Crippen LogP contribution is -2.30. The van der Waals surface area contributed by atoms with Crippen molar-refractivity contribution >= 4 is 21.6 Å². The molecule has 0 unspecified atom stereocenters. The molecule has 0 amide bonds. The first-order chi connectivity index (χ1) is 11.4. The Morgan fingerprint density at radius 1 is 1.08 bits per heavy atom. The second-order valence-electron chi connectivity index (χ2n) is 5.08. The average molecular weight is 370 g/mol. The van der Waals surface area contributed by atoms with E-state index in [1.807, 2.05) is 6.07 Å². The quantitative estimate of drug-likeness (QED) is 0.748. The molecule has 0 saturated carbocycles. The molecule has 0 heterocycles. The Morgan fingerprint density at radius 3 is 2.42 bits per heavy atom. The van der Waals surface area contributed by atoms with Crippen LogP contribution in [0, 0.1) is 0 Å². The van der Waals surface area contributed by atoms with Crippen molar-refractivity contribution in [2.45, 2.75) is 18.4 Å². The number of sulfonamides is 1. The summed E-state index contributed by atoms with van der Waals surface area (Å²) in [6.45, 7) is 2.32. The van der Waals surface area contributed by atoms with Crippen LogP contribution in [-0.2, 0) is 16.6 Å². The molecule has 5 nitrogen and oxygen atoms in total. The average Bonchev–Trinajstić information content (AvgIpc) is 2.58. The summed E-state index contributed by atoms with van der Waals surface area (Å²) in [7, 11) is -0.826. The van der Waals surface area contributed by atoms with Gasteiger partial charge in [-0.1, -0.05) is 30.7 Å². The molecule has 24 heavy (non-hydrogen) atoms. The Hall–Kier alpha value is -1.76. The minimum Gasteiger partial charge on any atom is -0.497 e. The molecule has 0 atom stereocenters. The number of methoxy groups -OCH3 is 2. The zero-order chi connectivity index (χ0) is 17.7. The minimum atomic E-state index is -3.75. The van der Waals surface area contributed by atoms with Crippen LogP contribution < -0.4 is 9.47 Å². The highest BCUT2D eigenvalue weighted by Crippen LogP contribution is 2.31. The summed E-state index contributed by atoms with van der Waals surface area (Å²) in [5.41, 5.74) is 0.815. The summed E-state index contributed by atoms with van der Waals surface area (Å²) in [5, 5.41) is 0.569. The lowest BCUT2D eigenvalue weighted by Gasteiger charge is -2.22. The SMILES string of the molecule is CCN(Cc1cccc(Cl)c1)S(=O)(=O)c1cc(OC)ccc1OC. The lowest BCUT2D eigenvalue weighted by molar-refractivity contribution is 0.383. The topological polar surface area (TPSA) is 55.8 Å². The van der Waals surface area contributed by atoms with Crippen LogP contribution in [-0.4, -0.2) is 33.5 Å². The van der Waals surface area contributed by atoms with Crippen molar-refractivity contribution in [3.63, 3.8) is 0 Å². The van der Waals surface area contributed by atoms with Crippen LogP contribution in [0.1, 0.15) is 12.5 Å². The van der Waals surface area contributed by atoms with Gasteiger partial charge in [0.2, 0.25) is 10.0 Å². The van der Waals surface area contributed by atoms with Crippen LogP contribution in [0.3, 0.4) is 0 Å². The second-order valence-corrected chi connectivity index (χ2v) is 7.42. The molecule has 7 heteroatoms. The van der Waals surface area contributed by atoms with Crippen molar-refractivity contribution < 1.29 is 17.9 Å². The molecule has 0 bridgehead atoms. The third-order valence-corrected chi connectivity index (χ3v) is 5.77. The molecule has 2 aromatic rings. The first-order valence-corrected chi connectivity index (χ1v) is 9.20. The van der Waals surface area contributed by atoms with Gasteiger partial charge in [-0.15, -0.1) is 0 Å². The number of rotatable bonds is 7. The van der Waals surface area contributed by atoms with Gasteiger partial charge in [0.1, 0.15) is 16.4 Å². The van der Waals surface area contributed by atoms with Gasteiger partial charge in [-0.2, -0.15) is 4.31 Å². The molecule has 0 saturated heterocycles. The third kappa shape index (κ3) is 4.01. The van der Waals surface area contributed by atoms with E-state index in [1.165, 1.54) is 24.6 Å². The predicted octanol–water partition coefficient (Wildman–Crippen LogP) is 3.57. The third-order valence-electron chi connectivity index (χ3n) is 3.59. The molecule has 0 radical (unpaired) electrons. The summed E-state index contributed by atoms with van der Waals surface area (Å²) < 4.78 is 37.8. The highest BCUT2D eigenvalue weighted by Gasteiger charge is 2.27. The zero-order valence-corrected chi connectivity index (χ0v) is 15.4. The van der Waals surface area contributed by atoms with Crippen molar-refractivity contribution in [1.29, 1.82) is 0 Å². The van der Waals surface area contributed by atoms with E-state index in [2.05, 4.69) is 0 Å². The van der Waals surface area contributed by atoms with Gasteiger partial charge >= 0.3 is 0 Å². The van der Waals surface area contributed by atoms with Crippen LogP contribution in [0.5, 0.6) is 11.5 Å². The van der Waals surface area contributed by atoms with E-state index in [9.17, 15) is 8.42 Å². The fourth-order valence-electron chi connectivity index (χ4n) is 2.33. The van der Waals surface area contributed by atoms with Crippen molar-refractivity contribution in [1.82, 2.24) is 4.31 Å². The van der Waals surface area contributed by atoms with Gasteiger partial charge < -0.3 is 9.47 Å². The van der Waals surface area contributed by atoms with Crippen LogP contribution >= 0.6 is 11.6 Å². The van der Waals surface area contributed by atoms with Gasteiger partial charge in [-0.05, 0) is 29.8 Å². The molecule has 2 aromatic carbocycles. The van der Waals surface area contributed by atoms with E-state index < -0.39 is 10.0 Å². The maximum Gasteiger partial charge on any atom is 0.247 e. The molecular formula is C17H20ClNO4S. The van der Waals surface area contributed by atoms with Crippen molar-refractivity contribution in [3.8, 4) is 11.5 Å². The predicted molar refractivity (Wildman–Crippen MR) is 94.3 cm³/mol. The van der Waals surface area contributed by atoms with Gasteiger partial charge in [0.25, 0.3) is 0 Å². The summed E-state index contributed by atoms with van der Waals surface area (Å²) in [4.78, 5) is 0.0771. The Labute approximate surface area is 147 Å². The van der Waals surface area contributed by atoms with E-state index in [0.29, 0.717) is 17.3 Å². The van der Waals surface area contributed by atoms with Gasteiger partial charge in [0.15, 0.2) is 0 Å². The fourth-order valence-corrected chi connectivity index (χ4v) is 4.15. The molecule has 130 valence electrons. The molecule has 0 aromatic heterocycles. The van der Waals surface area contributed by atoms with E-state index in [-0.39, 0.29) is 17.2 Å². The number of halogens is 1. The van der Waals surface area contributed by atoms with Crippen LogP contribution in [0.4, 0.5) is 0 Å². The number of hydrogen-bond donors (Lipinski definition) is 0.